The predicted molar refractivity (Wildman–Crippen MR) is 110 cm³/mol. The van der Waals surface area contributed by atoms with Gasteiger partial charge in [0.05, 0.1) is 0 Å². The van der Waals surface area contributed by atoms with Crippen molar-refractivity contribution in [3.63, 3.8) is 0 Å². The van der Waals surface area contributed by atoms with Crippen LogP contribution in [0.2, 0.25) is 0 Å². The van der Waals surface area contributed by atoms with Crippen LogP contribution < -0.4 is 5.32 Å². The van der Waals surface area contributed by atoms with Crippen molar-refractivity contribution >= 4 is 23.3 Å². The number of rotatable bonds is 7. The van der Waals surface area contributed by atoms with Gasteiger partial charge in [-0.15, -0.1) is 0 Å². The van der Waals surface area contributed by atoms with E-state index in [4.69, 9.17) is 0 Å². The summed E-state index contributed by atoms with van der Waals surface area (Å²) >= 11 is 0. The molecule has 0 aliphatic carbocycles. The zero-order chi connectivity index (χ0) is 20.8. The smallest absolute Gasteiger partial charge is 0.313 e. The number of Topliss-reactive ketones (excluding diaryl/α,β-unsaturated/α-hetero) is 1. The minimum atomic E-state index is -0.635. The summed E-state index contributed by atoms with van der Waals surface area (Å²) in [7, 11) is 8.10. The topological polar surface area (TPSA) is 73.0 Å². The summed E-state index contributed by atoms with van der Waals surface area (Å²) in [5, 5.41) is 2.65. The van der Waals surface area contributed by atoms with E-state index in [2.05, 4.69) is 15.1 Å². The van der Waals surface area contributed by atoms with E-state index in [1.165, 1.54) is 0 Å². The standard InChI is InChI=1S/C21H32N4O3/c1-6-19(26)15-7-9-18(10-8-15)22-20(27)21(28)25-13-16(11-23(2)3)17(14-25)12-24(4)5/h7-10,16-17H,6,11-14H2,1-5H3,(H,22,27)/t16-,17-/m1/s1. The summed E-state index contributed by atoms with van der Waals surface area (Å²) in [5.74, 6) is -0.408. The normalized spacial score (nSPS) is 19.3. The third-order valence-electron chi connectivity index (χ3n) is 5.04. The average molecular weight is 389 g/mol. The van der Waals surface area contributed by atoms with Crippen molar-refractivity contribution in [3.8, 4) is 0 Å². The molecule has 2 amide bonds. The molecule has 0 radical (unpaired) electrons. The van der Waals surface area contributed by atoms with E-state index in [0.29, 0.717) is 42.6 Å². The number of nitrogens with zero attached hydrogens (tertiary/aromatic N) is 3. The molecule has 7 nitrogen and oxygen atoms in total. The van der Waals surface area contributed by atoms with E-state index in [1.54, 1.807) is 36.1 Å². The first-order valence-electron chi connectivity index (χ1n) is 9.74. The van der Waals surface area contributed by atoms with Crippen LogP contribution in [0.5, 0.6) is 0 Å². The maximum atomic E-state index is 12.7. The molecule has 1 aromatic carbocycles. The van der Waals surface area contributed by atoms with E-state index in [1.807, 2.05) is 28.2 Å². The average Bonchev–Trinajstić information content (AvgIpc) is 3.01. The molecule has 1 heterocycles. The van der Waals surface area contributed by atoms with Crippen LogP contribution in [0.25, 0.3) is 0 Å². The molecule has 0 spiro atoms. The predicted octanol–water partition coefficient (Wildman–Crippen LogP) is 1.42. The summed E-state index contributed by atoms with van der Waals surface area (Å²) in [4.78, 5) is 42.7. The van der Waals surface area contributed by atoms with Crippen LogP contribution in [0.1, 0.15) is 23.7 Å². The number of hydrogen-bond donors (Lipinski definition) is 1. The Bertz CT molecular complexity index is 682. The highest BCUT2D eigenvalue weighted by Crippen LogP contribution is 2.25. The molecule has 1 aliphatic heterocycles. The van der Waals surface area contributed by atoms with Crippen LogP contribution in [0.15, 0.2) is 24.3 Å². The Morgan fingerprint density at radius 3 is 1.89 bits per heavy atom. The minimum Gasteiger partial charge on any atom is -0.334 e. The minimum absolute atomic E-state index is 0.0462. The molecule has 0 saturated carbocycles. The number of carbonyl (C=O) groups excluding carboxylic acids is 3. The fourth-order valence-electron chi connectivity index (χ4n) is 3.73. The molecular weight excluding hydrogens is 356 g/mol. The molecule has 1 aliphatic rings. The number of nitrogens with one attached hydrogen (secondary N) is 1. The Morgan fingerprint density at radius 1 is 0.964 bits per heavy atom. The number of benzene rings is 1. The van der Waals surface area contributed by atoms with E-state index < -0.39 is 11.8 Å². The summed E-state index contributed by atoms with van der Waals surface area (Å²) in [6.07, 6.45) is 0.432. The number of hydrogen-bond acceptors (Lipinski definition) is 5. The van der Waals surface area contributed by atoms with Crippen LogP contribution in [0, 0.1) is 11.8 Å². The second kappa shape index (κ2) is 9.80. The second-order valence-corrected chi connectivity index (χ2v) is 8.06. The molecule has 1 saturated heterocycles. The summed E-state index contributed by atoms with van der Waals surface area (Å²) in [6.45, 7) is 4.76. The lowest BCUT2D eigenvalue weighted by molar-refractivity contribution is -0.142. The van der Waals surface area contributed by atoms with E-state index >= 15 is 0 Å². The first-order chi connectivity index (χ1) is 13.2. The van der Waals surface area contributed by atoms with Crippen molar-refractivity contribution in [2.24, 2.45) is 11.8 Å². The molecule has 28 heavy (non-hydrogen) atoms. The summed E-state index contributed by atoms with van der Waals surface area (Å²) in [6, 6.07) is 6.65. The van der Waals surface area contributed by atoms with Gasteiger partial charge in [0.1, 0.15) is 0 Å². The van der Waals surface area contributed by atoms with Gasteiger partial charge in [-0.3, -0.25) is 14.4 Å². The highest BCUT2D eigenvalue weighted by molar-refractivity contribution is 6.39. The van der Waals surface area contributed by atoms with Gasteiger partial charge in [-0.05, 0) is 64.3 Å². The number of carbonyl (C=O) groups is 3. The lowest BCUT2D eigenvalue weighted by Gasteiger charge is -2.24. The second-order valence-electron chi connectivity index (χ2n) is 8.06. The van der Waals surface area contributed by atoms with Crippen molar-refractivity contribution in [1.29, 1.82) is 0 Å². The lowest BCUT2D eigenvalue weighted by Crippen LogP contribution is -2.39. The molecule has 2 atom stereocenters. The van der Waals surface area contributed by atoms with Crippen molar-refractivity contribution in [1.82, 2.24) is 14.7 Å². The Labute approximate surface area is 167 Å². The third-order valence-corrected chi connectivity index (χ3v) is 5.04. The van der Waals surface area contributed by atoms with Gasteiger partial charge >= 0.3 is 11.8 Å². The Morgan fingerprint density at radius 2 is 1.46 bits per heavy atom. The lowest BCUT2D eigenvalue weighted by atomic mass is 9.95. The maximum absolute atomic E-state index is 12.7. The molecule has 154 valence electrons. The zero-order valence-electron chi connectivity index (χ0n) is 17.6. The van der Waals surface area contributed by atoms with E-state index in [-0.39, 0.29) is 5.78 Å². The highest BCUT2D eigenvalue weighted by atomic mass is 16.2. The summed E-state index contributed by atoms with van der Waals surface area (Å²) in [5.41, 5.74) is 1.12. The molecule has 1 N–H and O–H groups in total. The highest BCUT2D eigenvalue weighted by Gasteiger charge is 2.37. The molecule has 0 unspecified atom stereocenters. The van der Waals surface area contributed by atoms with Gasteiger partial charge in [-0.25, -0.2) is 0 Å². The van der Waals surface area contributed by atoms with Gasteiger partial charge in [0.15, 0.2) is 5.78 Å². The van der Waals surface area contributed by atoms with Crippen molar-refractivity contribution in [2.75, 3.05) is 59.7 Å². The van der Waals surface area contributed by atoms with Gasteiger partial charge in [0.25, 0.3) is 0 Å². The molecule has 1 fully saturated rings. The fourth-order valence-corrected chi connectivity index (χ4v) is 3.73. The first kappa shape index (κ1) is 22.0. The number of anilines is 1. The molecule has 2 rings (SSSR count). The number of likely N-dealkylation sites (tertiary alicyclic amines) is 1. The molecule has 7 heteroatoms. The Balaban J connectivity index is 2.00. The Kier molecular flexibility index (Phi) is 7.71. The van der Waals surface area contributed by atoms with Gasteiger partial charge in [-0.1, -0.05) is 6.92 Å². The first-order valence-corrected chi connectivity index (χ1v) is 9.74. The van der Waals surface area contributed by atoms with E-state index in [0.717, 1.165) is 13.1 Å². The molecule has 1 aromatic rings. The summed E-state index contributed by atoms with van der Waals surface area (Å²) < 4.78 is 0. The number of amides is 2. The van der Waals surface area contributed by atoms with Crippen LogP contribution in [0.4, 0.5) is 5.69 Å². The van der Waals surface area contributed by atoms with Crippen LogP contribution in [0.3, 0.4) is 0 Å². The van der Waals surface area contributed by atoms with E-state index in [9.17, 15) is 14.4 Å². The van der Waals surface area contributed by atoms with Crippen LogP contribution in [-0.2, 0) is 9.59 Å². The SMILES string of the molecule is CCC(=O)c1ccc(NC(=O)C(=O)N2C[C@@H](CN(C)C)[C@H](CN(C)C)C2)cc1. The van der Waals surface area contributed by atoms with Crippen molar-refractivity contribution in [2.45, 2.75) is 13.3 Å². The Hall–Kier alpha value is -2.25. The molecule has 0 bridgehead atoms. The quantitative estimate of drug-likeness (QED) is 0.565. The van der Waals surface area contributed by atoms with Crippen molar-refractivity contribution < 1.29 is 14.4 Å². The molecular formula is C21H32N4O3. The van der Waals surface area contributed by atoms with Gasteiger partial charge in [-0.2, -0.15) is 0 Å². The number of ketones is 1. The van der Waals surface area contributed by atoms with Crippen molar-refractivity contribution in [3.05, 3.63) is 29.8 Å². The zero-order valence-corrected chi connectivity index (χ0v) is 17.6. The van der Waals surface area contributed by atoms with Crippen LogP contribution in [-0.4, -0.2) is 86.7 Å². The monoisotopic (exact) mass is 388 g/mol. The molecule has 0 aromatic heterocycles. The van der Waals surface area contributed by atoms with Gasteiger partial charge < -0.3 is 20.0 Å². The largest absolute Gasteiger partial charge is 0.334 e. The van der Waals surface area contributed by atoms with Gasteiger partial charge in [0, 0.05) is 43.9 Å². The fraction of sp³-hybridized carbons (Fsp3) is 0.571. The van der Waals surface area contributed by atoms with Crippen LogP contribution >= 0.6 is 0 Å². The van der Waals surface area contributed by atoms with Gasteiger partial charge in [0.2, 0.25) is 0 Å². The maximum Gasteiger partial charge on any atom is 0.313 e. The third kappa shape index (κ3) is 5.87.